The van der Waals surface area contributed by atoms with E-state index in [2.05, 4.69) is 38.2 Å². The number of hydrogen-bond donors (Lipinski definition) is 1. The lowest BCUT2D eigenvalue weighted by molar-refractivity contribution is 0.419. The third-order valence-electron chi connectivity index (χ3n) is 4.98. The van der Waals surface area contributed by atoms with Crippen molar-refractivity contribution >= 4 is 16.7 Å². The largest absolute Gasteiger partial charge is 0.496 e. The van der Waals surface area contributed by atoms with Crippen LogP contribution in [-0.4, -0.2) is 33.6 Å². The molecular formula is C23H23N5O. The van der Waals surface area contributed by atoms with E-state index in [9.17, 15) is 0 Å². The number of ether oxygens (including phenoxy) is 1. The van der Waals surface area contributed by atoms with Gasteiger partial charge in [0, 0.05) is 47.6 Å². The van der Waals surface area contributed by atoms with E-state index in [1.165, 1.54) is 5.56 Å². The van der Waals surface area contributed by atoms with Gasteiger partial charge in [0.2, 0.25) is 0 Å². The molecule has 0 saturated carbocycles. The average Bonchev–Trinajstić information content (AvgIpc) is 2.77. The number of aryl methyl sites for hydroxylation is 1. The molecule has 0 saturated heterocycles. The van der Waals surface area contributed by atoms with Gasteiger partial charge >= 0.3 is 0 Å². The van der Waals surface area contributed by atoms with Crippen molar-refractivity contribution in [2.24, 2.45) is 0 Å². The van der Waals surface area contributed by atoms with Gasteiger partial charge in [0.25, 0.3) is 0 Å². The summed E-state index contributed by atoms with van der Waals surface area (Å²) in [7, 11) is 1.68. The van der Waals surface area contributed by atoms with Crippen LogP contribution < -0.4 is 10.1 Å². The summed E-state index contributed by atoms with van der Waals surface area (Å²) in [5.74, 6) is 1.86. The first-order chi connectivity index (χ1) is 14.2. The molecule has 146 valence electrons. The molecule has 3 heterocycles. The van der Waals surface area contributed by atoms with Gasteiger partial charge in [-0.25, -0.2) is 9.97 Å². The molecule has 1 atom stereocenters. The fraction of sp³-hybridized carbons (Fsp3) is 0.217. The average molecular weight is 385 g/mol. The fourth-order valence-electron chi connectivity index (χ4n) is 3.35. The maximum absolute atomic E-state index is 5.48. The number of pyridine rings is 2. The zero-order valence-corrected chi connectivity index (χ0v) is 16.8. The van der Waals surface area contributed by atoms with Crippen molar-refractivity contribution in [1.82, 2.24) is 19.9 Å². The van der Waals surface area contributed by atoms with Crippen LogP contribution in [0, 0.1) is 6.92 Å². The van der Waals surface area contributed by atoms with Crippen molar-refractivity contribution in [2.75, 3.05) is 19.0 Å². The number of nitrogens with one attached hydrogen (secondary N) is 1. The van der Waals surface area contributed by atoms with Gasteiger partial charge < -0.3 is 10.1 Å². The van der Waals surface area contributed by atoms with Crippen LogP contribution in [0.15, 0.2) is 61.2 Å². The van der Waals surface area contributed by atoms with Crippen molar-refractivity contribution in [3.63, 3.8) is 0 Å². The second-order valence-corrected chi connectivity index (χ2v) is 7.02. The van der Waals surface area contributed by atoms with E-state index in [4.69, 9.17) is 4.74 Å². The first-order valence-electron chi connectivity index (χ1n) is 9.56. The minimum atomic E-state index is 0.234. The van der Waals surface area contributed by atoms with Crippen LogP contribution in [0.2, 0.25) is 0 Å². The molecule has 4 aromatic rings. The molecular weight excluding hydrogens is 362 g/mol. The summed E-state index contributed by atoms with van der Waals surface area (Å²) in [6, 6.07) is 14.0. The van der Waals surface area contributed by atoms with Gasteiger partial charge in [-0.15, -0.1) is 0 Å². The monoisotopic (exact) mass is 385 g/mol. The highest BCUT2D eigenvalue weighted by molar-refractivity contribution is 5.87. The third kappa shape index (κ3) is 4.01. The highest BCUT2D eigenvalue weighted by Crippen LogP contribution is 2.30. The Kier molecular flexibility index (Phi) is 5.33. The third-order valence-corrected chi connectivity index (χ3v) is 4.98. The molecule has 0 spiro atoms. The maximum atomic E-state index is 5.48. The Morgan fingerprint density at radius 3 is 2.72 bits per heavy atom. The fourth-order valence-corrected chi connectivity index (χ4v) is 3.35. The second kappa shape index (κ2) is 8.22. The minimum Gasteiger partial charge on any atom is -0.496 e. The SMILES string of the molecule is COc1ccnc2c(C(C)CNc3cc(-c4ccc(C)nc4)ncn3)cccc12. The van der Waals surface area contributed by atoms with Crippen LogP contribution in [0.3, 0.4) is 0 Å². The Morgan fingerprint density at radius 1 is 1.03 bits per heavy atom. The van der Waals surface area contributed by atoms with Crippen LogP contribution in [0.5, 0.6) is 5.75 Å². The molecule has 0 aliphatic rings. The van der Waals surface area contributed by atoms with Crippen LogP contribution in [0.25, 0.3) is 22.2 Å². The molecule has 0 aliphatic heterocycles. The maximum Gasteiger partial charge on any atom is 0.129 e. The predicted molar refractivity (Wildman–Crippen MR) is 115 cm³/mol. The number of benzene rings is 1. The van der Waals surface area contributed by atoms with Gasteiger partial charge in [-0.1, -0.05) is 19.1 Å². The molecule has 1 aromatic carbocycles. The number of rotatable bonds is 6. The topological polar surface area (TPSA) is 72.8 Å². The molecule has 1 unspecified atom stereocenters. The van der Waals surface area contributed by atoms with Crippen LogP contribution in [-0.2, 0) is 0 Å². The number of anilines is 1. The molecule has 6 nitrogen and oxygen atoms in total. The molecule has 0 aliphatic carbocycles. The second-order valence-electron chi connectivity index (χ2n) is 7.02. The Balaban J connectivity index is 1.53. The first-order valence-corrected chi connectivity index (χ1v) is 9.56. The van der Waals surface area contributed by atoms with Gasteiger partial charge in [0.05, 0.1) is 18.3 Å². The summed E-state index contributed by atoms with van der Waals surface area (Å²) in [4.78, 5) is 17.7. The van der Waals surface area contributed by atoms with E-state index < -0.39 is 0 Å². The van der Waals surface area contributed by atoms with Crippen molar-refractivity contribution in [2.45, 2.75) is 19.8 Å². The van der Waals surface area contributed by atoms with Crippen LogP contribution >= 0.6 is 0 Å². The molecule has 0 radical (unpaired) electrons. The Morgan fingerprint density at radius 2 is 1.93 bits per heavy atom. The summed E-state index contributed by atoms with van der Waals surface area (Å²) in [5.41, 5.74) is 4.94. The lowest BCUT2D eigenvalue weighted by Gasteiger charge is -2.16. The summed E-state index contributed by atoms with van der Waals surface area (Å²) >= 11 is 0. The lowest BCUT2D eigenvalue weighted by Crippen LogP contribution is -2.11. The Labute approximate surface area is 170 Å². The molecule has 6 heteroatoms. The number of nitrogens with zero attached hydrogens (tertiary/aromatic N) is 4. The number of fused-ring (bicyclic) bond motifs is 1. The van der Waals surface area contributed by atoms with Gasteiger partial charge in [-0.2, -0.15) is 0 Å². The lowest BCUT2D eigenvalue weighted by atomic mass is 9.97. The number of aromatic nitrogens is 4. The van der Waals surface area contributed by atoms with E-state index in [0.29, 0.717) is 0 Å². The first kappa shape index (κ1) is 18.8. The minimum absolute atomic E-state index is 0.234. The molecule has 1 N–H and O–H groups in total. The predicted octanol–water partition coefficient (Wildman–Crippen LogP) is 4.62. The molecule has 0 fully saturated rings. The van der Waals surface area contributed by atoms with Gasteiger partial charge in [0.15, 0.2) is 0 Å². The molecule has 29 heavy (non-hydrogen) atoms. The number of para-hydroxylation sites is 1. The molecule has 3 aromatic heterocycles. The van der Waals surface area contributed by atoms with Gasteiger partial charge in [0.1, 0.15) is 17.9 Å². The summed E-state index contributed by atoms with van der Waals surface area (Å²) in [5, 5.41) is 4.45. The van der Waals surface area contributed by atoms with Crippen molar-refractivity contribution in [1.29, 1.82) is 0 Å². The quantitative estimate of drug-likeness (QED) is 0.522. The molecule has 4 rings (SSSR count). The van der Waals surface area contributed by atoms with Crippen molar-refractivity contribution in [3.05, 3.63) is 72.4 Å². The van der Waals surface area contributed by atoms with Crippen LogP contribution in [0.1, 0.15) is 24.1 Å². The summed E-state index contributed by atoms with van der Waals surface area (Å²) in [6.07, 6.45) is 5.20. The number of methoxy groups -OCH3 is 1. The van der Waals surface area contributed by atoms with Crippen LogP contribution in [0.4, 0.5) is 5.82 Å². The molecule has 0 bridgehead atoms. The molecule has 0 amide bonds. The van der Waals surface area contributed by atoms with Gasteiger partial charge in [-0.3, -0.25) is 9.97 Å². The van der Waals surface area contributed by atoms with E-state index >= 15 is 0 Å². The van der Waals surface area contributed by atoms with E-state index in [1.54, 1.807) is 19.6 Å². The summed E-state index contributed by atoms with van der Waals surface area (Å²) < 4.78 is 5.48. The smallest absolute Gasteiger partial charge is 0.129 e. The summed E-state index contributed by atoms with van der Waals surface area (Å²) in [6.45, 7) is 4.87. The van der Waals surface area contributed by atoms with Gasteiger partial charge in [-0.05, 0) is 36.8 Å². The van der Waals surface area contributed by atoms with E-state index in [-0.39, 0.29) is 5.92 Å². The van der Waals surface area contributed by atoms with Crippen molar-refractivity contribution < 1.29 is 4.74 Å². The highest BCUT2D eigenvalue weighted by atomic mass is 16.5. The Hall–Kier alpha value is -3.54. The highest BCUT2D eigenvalue weighted by Gasteiger charge is 2.13. The number of hydrogen-bond acceptors (Lipinski definition) is 6. The standard InChI is InChI=1S/C23H23N5O/c1-15(18-5-4-6-19-21(29-3)9-10-24-23(18)19)12-26-22-11-20(27-14-28-22)17-8-7-16(2)25-13-17/h4-11,13-15H,12H2,1-3H3,(H,26,27,28). The zero-order chi connectivity index (χ0) is 20.2. The van der Waals surface area contributed by atoms with Crippen molar-refractivity contribution in [3.8, 4) is 17.0 Å². The Bertz CT molecular complexity index is 1130. The van der Waals surface area contributed by atoms with E-state index in [1.807, 2.05) is 49.5 Å². The zero-order valence-electron chi connectivity index (χ0n) is 16.8. The van der Waals surface area contributed by atoms with E-state index in [0.717, 1.165) is 46.0 Å². The normalized spacial score (nSPS) is 12.0.